The Kier molecular flexibility index (Phi) is 3.35. The van der Waals surface area contributed by atoms with Crippen LogP contribution < -0.4 is 10.9 Å². The maximum Gasteiger partial charge on any atom is 0.255 e. The molecule has 0 unspecified atom stereocenters. The lowest BCUT2D eigenvalue weighted by Crippen LogP contribution is -2.19. The van der Waals surface area contributed by atoms with Gasteiger partial charge in [-0.15, -0.1) is 0 Å². The van der Waals surface area contributed by atoms with Crippen molar-refractivity contribution >= 4 is 0 Å². The SMILES string of the molecule is CNCc1cnc(-c2cccc(C)c2)[nH]c1=O. The molecule has 0 aliphatic heterocycles. The minimum Gasteiger partial charge on any atom is -0.315 e. The second-order valence-electron chi connectivity index (χ2n) is 3.99. The van der Waals surface area contributed by atoms with E-state index in [4.69, 9.17) is 0 Å². The molecule has 0 bridgehead atoms. The molecule has 0 aliphatic carbocycles. The van der Waals surface area contributed by atoms with E-state index >= 15 is 0 Å². The average molecular weight is 229 g/mol. The van der Waals surface area contributed by atoms with E-state index in [1.54, 1.807) is 13.2 Å². The van der Waals surface area contributed by atoms with Gasteiger partial charge in [0, 0.05) is 23.9 Å². The summed E-state index contributed by atoms with van der Waals surface area (Å²) in [6, 6.07) is 7.89. The quantitative estimate of drug-likeness (QED) is 0.837. The first kappa shape index (κ1) is 11.5. The first-order chi connectivity index (χ1) is 8.20. The lowest BCUT2D eigenvalue weighted by molar-refractivity contribution is 0.798. The molecule has 17 heavy (non-hydrogen) atoms. The number of nitrogens with zero attached hydrogens (tertiary/aromatic N) is 1. The van der Waals surface area contributed by atoms with Crippen molar-refractivity contribution in [3.8, 4) is 11.4 Å². The van der Waals surface area contributed by atoms with E-state index in [0.717, 1.165) is 11.1 Å². The summed E-state index contributed by atoms with van der Waals surface area (Å²) in [6.07, 6.45) is 1.62. The number of nitrogens with one attached hydrogen (secondary N) is 2. The van der Waals surface area contributed by atoms with Gasteiger partial charge in [0.1, 0.15) is 5.82 Å². The number of hydrogen-bond donors (Lipinski definition) is 2. The van der Waals surface area contributed by atoms with E-state index in [1.165, 1.54) is 0 Å². The third-order valence-electron chi connectivity index (χ3n) is 2.53. The van der Waals surface area contributed by atoms with Crippen molar-refractivity contribution < 1.29 is 0 Å². The fourth-order valence-corrected chi connectivity index (χ4v) is 1.68. The zero-order chi connectivity index (χ0) is 12.3. The van der Waals surface area contributed by atoms with Gasteiger partial charge in [-0.3, -0.25) is 4.79 Å². The number of benzene rings is 1. The summed E-state index contributed by atoms with van der Waals surface area (Å²) in [5.74, 6) is 0.610. The van der Waals surface area contributed by atoms with Crippen LogP contribution in [-0.2, 0) is 6.54 Å². The summed E-state index contributed by atoms with van der Waals surface area (Å²) >= 11 is 0. The number of aromatic nitrogens is 2. The second kappa shape index (κ2) is 4.93. The zero-order valence-corrected chi connectivity index (χ0v) is 9.95. The van der Waals surface area contributed by atoms with Gasteiger partial charge in [-0.1, -0.05) is 23.8 Å². The highest BCUT2D eigenvalue weighted by Crippen LogP contribution is 2.14. The maximum atomic E-state index is 11.8. The van der Waals surface area contributed by atoms with Gasteiger partial charge < -0.3 is 10.3 Å². The summed E-state index contributed by atoms with van der Waals surface area (Å²) in [5.41, 5.74) is 2.62. The highest BCUT2D eigenvalue weighted by molar-refractivity contribution is 5.55. The summed E-state index contributed by atoms with van der Waals surface area (Å²) in [4.78, 5) is 18.8. The third-order valence-corrected chi connectivity index (χ3v) is 2.53. The van der Waals surface area contributed by atoms with E-state index in [2.05, 4.69) is 15.3 Å². The molecule has 0 atom stereocenters. The molecule has 4 nitrogen and oxygen atoms in total. The summed E-state index contributed by atoms with van der Waals surface area (Å²) in [6.45, 7) is 2.54. The molecule has 0 radical (unpaired) electrons. The van der Waals surface area contributed by atoms with Gasteiger partial charge in [-0.05, 0) is 20.0 Å². The molecule has 4 heteroatoms. The van der Waals surface area contributed by atoms with Gasteiger partial charge in [-0.25, -0.2) is 4.98 Å². The predicted octanol–water partition coefficient (Wildman–Crippen LogP) is 1.46. The van der Waals surface area contributed by atoms with Gasteiger partial charge >= 0.3 is 0 Å². The fraction of sp³-hybridized carbons (Fsp3) is 0.231. The van der Waals surface area contributed by atoms with Crippen molar-refractivity contribution in [2.45, 2.75) is 13.5 Å². The molecule has 1 aromatic carbocycles. The number of hydrogen-bond acceptors (Lipinski definition) is 3. The van der Waals surface area contributed by atoms with Crippen LogP contribution in [0.1, 0.15) is 11.1 Å². The number of aryl methyl sites for hydroxylation is 1. The first-order valence-corrected chi connectivity index (χ1v) is 5.50. The van der Waals surface area contributed by atoms with Crippen LogP contribution in [0.2, 0.25) is 0 Å². The first-order valence-electron chi connectivity index (χ1n) is 5.50. The van der Waals surface area contributed by atoms with Crippen LogP contribution in [0.4, 0.5) is 0 Å². The van der Waals surface area contributed by atoms with Crippen LogP contribution in [0, 0.1) is 6.92 Å². The minimum absolute atomic E-state index is 0.0918. The molecule has 1 aromatic heterocycles. The van der Waals surface area contributed by atoms with Crippen LogP contribution in [0.3, 0.4) is 0 Å². The molecule has 2 N–H and O–H groups in total. The Morgan fingerprint density at radius 3 is 2.88 bits per heavy atom. The molecule has 1 heterocycles. The third kappa shape index (κ3) is 2.60. The van der Waals surface area contributed by atoms with Crippen molar-refractivity contribution in [1.82, 2.24) is 15.3 Å². The number of aromatic amines is 1. The average Bonchev–Trinajstić information content (AvgIpc) is 2.32. The van der Waals surface area contributed by atoms with Gasteiger partial charge in [0.15, 0.2) is 0 Å². The van der Waals surface area contributed by atoms with Crippen LogP contribution in [-0.4, -0.2) is 17.0 Å². The Morgan fingerprint density at radius 2 is 2.24 bits per heavy atom. The Bertz CT molecular complexity index is 575. The van der Waals surface area contributed by atoms with Gasteiger partial charge in [0.05, 0.1) is 0 Å². The van der Waals surface area contributed by atoms with Crippen LogP contribution in [0.15, 0.2) is 35.3 Å². The molecular weight excluding hydrogens is 214 g/mol. The zero-order valence-electron chi connectivity index (χ0n) is 9.95. The minimum atomic E-state index is -0.0918. The predicted molar refractivity (Wildman–Crippen MR) is 67.8 cm³/mol. The molecule has 2 rings (SSSR count). The Morgan fingerprint density at radius 1 is 1.41 bits per heavy atom. The second-order valence-corrected chi connectivity index (χ2v) is 3.99. The topological polar surface area (TPSA) is 57.8 Å². The molecular formula is C13H15N3O. The lowest BCUT2D eigenvalue weighted by atomic mass is 10.1. The Hall–Kier alpha value is -1.94. The van der Waals surface area contributed by atoms with Crippen molar-refractivity contribution in [1.29, 1.82) is 0 Å². The van der Waals surface area contributed by atoms with Crippen molar-refractivity contribution in [2.24, 2.45) is 0 Å². The molecule has 0 fully saturated rings. The van der Waals surface area contributed by atoms with Crippen LogP contribution in [0.5, 0.6) is 0 Å². The molecule has 0 spiro atoms. The van der Waals surface area contributed by atoms with E-state index in [1.807, 2.05) is 31.2 Å². The molecule has 0 saturated carbocycles. The van der Waals surface area contributed by atoms with Gasteiger partial charge in [-0.2, -0.15) is 0 Å². The molecule has 0 aliphatic rings. The van der Waals surface area contributed by atoms with E-state index < -0.39 is 0 Å². The van der Waals surface area contributed by atoms with Crippen molar-refractivity contribution in [2.75, 3.05) is 7.05 Å². The van der Waals surface area contributed by atoms with Crippen LogP contribution >= 0.6 is 0 Å². The van der Waals surface area contributed by atoms with Crippen molar-refractivity contribution in [3.63, 3.8) is 0 Å². The number of rotatable bonds is 3. The van der Waals surface area contributed by atoms with E-state index in [9.17, 15) is 4.79 Å². The molecule has 0 amide bonds. The Labute approximate surface area is 99.7 Å². The maximum absolute atomic E-state index is 11.8. The summed E-state index contributed by atoms with van der Waals surface area (Å²) in [5, 5.41) is 2.93. The van der Waals surface area contributed by atoms with Crippen molar-refractivity contribution in [3.05, 3.63) is 51.9 Å². The van der Waals surface area contributed by atoms with E-state index in [0.29, 0.717) is 17.9 Å². The molecule has 2 aromatic rings. The van der Waals surface area contributed by atoms with Crippen LogP contribution in [0.25, 0.3) is 11.4 Å². The van der Waals surface area contributed by atoms with Gasteiger partial charge in [0.2, 0.25) is 0 Å². The lowest BCUT2D eigenvalue weighted by Gasteiger charge is -2.03. The molecule has 0 saturated heterocycles. The normalized spacial score (nSPS) is 10.5. The summed E-state index contributed by atoms with van der Waals surface area (Å²) in [7, 11) is 1.80. The van der Waals surface area contributed by atoms with Gasteiger partial charge in [0.25, 0.3) is 5.56 Å². The Balaban J connectivity index is 2.41. The summed E-state index contributed by atoms with van der Waals surface area (Å²) < 4.78 is 0. The highest BCUT2D eigenvalue weighted by Gasteiger charge is 2.03. The van der Waals surface area contributed by atoms with E-state index in [-0.39, 0.29) is 5.56 Å². The molecule has 88 valence electrons. The number of H-pyrrole nitrogens is 1. The standard InChI is InChI=1S/C13H15N3O/c1-9-4-3-5-10(6-9)12-15-8-11(7-14-2)13(17)16-12/h3-6,8,14H,7H2,1-2H3,(H,15,16,17). The smallest absolute Gasteiger partial charge is 0.255 e. The monoisotopic (exact) mass is 229 g/mol. The largest absolute Gasteiger partial charge is 0.315 e. The highest BCUT2D eigenvalue weighted by atomic mass is 16.1. The fourth-order valence-electron chi connectivity index (χ4n) is 1.68.